The van der Waals surface area contributed by atoms with Crippen LogP contribution in [-0.4, -0.2) is 53.7 Å². The van der Waals surface area contributed by atoms with Gasteiger partial charge >= 0.3 is 0 Å². The molecule has 0 saturated carbocycles. The van der Waals surface area contributed by atoms with Crippen LogP contribution in [0, 0.1) is 6.92 Å². The molecule has 1 atom stereocenters. The van der Waals surface area contributed by atoms with Gasteiger partial charge in [-0.25, -0.2) is 0 Å². The van der Waals surface area contributed by atoms with Gasteiger partial charge in [-0.1, -0.05) is 26.8 Å². The van der Waals surface area contributed by atoms with Crippen LogP contribution in [0.25, 0.3) is 0 Å². The van der Waals surface area contributed by atoms with Gasteiger partial charge in [-0.15, -0.1) is 0 Å². The van der Waals surface area contributed by atoms with Gasteiger partial charge in [-0.05, 0) is 49.2 Å². The predicted molar refractivity (Wildman–Crippen MR) is 138 cm³/mol. The van der Waals surface area contributed by atoms with Crippen LogP contribution in [0.4, 0.5) is 0 Å². The summed E-state index contributed by atoms with van der Waals surface area (Å²) < 4.78 is 22.8. The lowest BCUT2D eigenvalue weighted by Gasteiger charge is -2.36. The zero-order chi connectivity index (χ0) is 25.5. The van der Waals surface area contributed by atoms with Gasteiger partial charge in [0.1, 0.15) is 0 Å². The molecule has 1 aromatic heterocycles. The smallest absolute Gasteiger partial charge is 0.251 e. The average Bonchev–Trinajstić information content (AvgIpc) is 2.80. The van der Waals surface area contributed by atoms with Gasteiger partial charge in [0, 0.05) is 42.6 Å². The van der Waals surface area contributed by atoms with Crippen molar-refractivity contribution in [3.8, 4) is 17.2 Å². The number of hydrogen-bond donors (Lipinski definition) is 1. The number of benzene rings is 1. The SMILES string of the molecule is COc1cc(C(=O)NCC(CCO[Si](C)(C)C(C)(C)C)c2cccnc2)c(C)c(OC)c1OC. The minimum Gasteiger partial charge on any atom is -0.493 e. The third-order valence-corrected chi connectivity index (χ3v) is 11.3. The van der Waals surface area contributed by atoms with Crippen molar-refractivity contribution in [2.45, 2.75) is 58.2 Å². The van der Waals surface area contributed by atoms with Gasteiger partial charge in [-0.3, -0.25) is 9.78 Å². The standard InChI is InChI=1S/C26H40N2O5Si/c1-18-21(15-22(30-5)24(32-7)23(18)31-6)25(29)28-17-20(19-11-10-13-27-16-19)12-14-33-34(8,9)26(2,3)4/h10-11,13,15-16,20H,12,14,17H2,1-9H3,(H,28,29). The van der Waals surface area contributed by atoms with Gasteiger partial charge < -0.3 is 24.0 Å². The molecule has 0 fully saturated rings. The van der Waals surface area contributed by atoms with E-state index in [9.17, 15) is 4.79 Å². The van der Waals surface area contributed by atoms with Crippen LogP contribution < -0.4 is 19.5 Å². The van der Waals surface area contributed by atoms with Crippen molar-refractivity contribution in [3.63, 3.8) is 0 Å². The van der Waals surface area contributed by atoms with Crippen molar-refractivity contribution in [2.75, 3.05) is 34.5 Å². The summed E-state index contributed by atoms with van der Waals surface area (Å²) in [5.41, 5.74) is 2.25. The lowest BCUT2D eigenvalue weighted by molar-refractivity contribution is 0.0948. The molecule has 0 spiro atoms. The molecule has 1 unspecified atom stereocenters. The number of hydrogen-bond acceptors (Lipinski definition) is 6. The summed E-state index contributed by atoms with van der Waals surface area (Å²) in [6.45, 7) is 14.1. The monoisotopic (exact) mass is 488 g/mol. The van der Waals surface area contributed by atoms with Crippen molar-refractivity contribution in [1.82, 2.24) is 10.3 Å². The van der Waals surface area contributed by atoms with E-state index in [2.05, 4.69) is 44.2 Å². The highest BCUT2D eigenvalue weighted by Gasteiger charge is 2.37. The van der Waals surface area contributed by atoms with Crippen LogP contribution in [0.3, 0.4) is 0 Å². The van der Waals surface area contributed by atoms with E-state index in [1.165, 1.54) is 7.11 Å². The molecule has 1 N–H and O–H groups in total. The molecule has 0 bridgehead atoms. The second-order valence-electron chi connectivity index (χ2n) is 9.91. The van der Waals surface area contributed by atoms with Crippen LogP contribution in [0.1, 0.15) is 54.6 Å². The molecule has 7 nitrogen and oxygen atoms in total. The Bertz CT molecular complexity index is 958. The van der Waals surface area contributed by atoms with Crippen molar-refractivity contribution in [1.29, 1.82) is 0 Å². The normalized spacial score (nSPS) is 12.7. The molecular weight excluding hydrogens is 448 g/mol. The fourth-order valence-electron chi connectivity index (χ4n) is 3.52. The number of pyridine rings is 1. The second-order valence-corrected chi connectivity index (χ2v) is 14.7. The molecule has 2 rings (SSSR count). The van der Waals surface area contributed by atoms with E-state index in [1.54, 1.807) is 26.5 Å². The molecule has 1 heterocycles. The number of amides is 1. The van der Waals surface area contributed by atoms with Gasteiger partial charge in [0.2, 0.25) is 5.75 Å². The lowest BCUT2D eigenvalue weighted by atomic mass is 9.97. The first-order valence-corrected chi connectivity index (χ1v) is 14.5. The Balaban J connectivity index is 2.20. The summed E-state index contributed by atoms with van der Waals surface area (Å²) in [5, 5.41) is 3.24. The van der Waals surface area contributed by atoms with Crippen molar-refractivity contribution in [2.24, 2.45) is 0 Å². The first-order chi connectivity index (χ1) is 16.0. The van der Waals surface area contributed by atoms with E-state index < -0.39 is 8.32 Å². The molecule has 0 aliphatic rings. The Morgan fingerprint density at radius 3 is 2.32 bits per heavy atom. The molecule has 188 valence electrons. The van der Waals surface area contributed by atoms with E-state index in [0.717, 1.165) is 12.0 Å². The van der Waals surface area contributed by atoms with E-state index in [-0.39, 0.29) is 16.9 Å². The molecule has 0 aliphatic carbocycles. The third kappa shape index (κ3) is 6.51. The summed E-state index contributed by atoms with van der Waals surface area (Å²) in [6.07, 6.45) is 4.39. The van der Waals surface area contributed by atoms with Crippen LogP contribution in [0.2, 0.25) is 18.1 Å². The third-order valence-electron chi connectivity index (χ3n) is 6.72. The molecule has 8 heteroatoms. The van der Waals surface area contributed by atoms with E-state index >= 15 is 0 Å². The van der Waals surface area contributed by atoms with Crippen LogP contribution >= 0.6 is 0 Å². The highest BCUT2D eigenvalue weighted by atomic mass is 28.4. The van der Waals surface area contributed by atoms with Crippen molar-refractivity contribution < 1.29 is 23.4 Å². The minimum absolute atomic E-state index is 0.0739. The highest BCUT2D eigenvalue weighted by molar-refractivity contribution is 6.74. The highest BCUT2D eigenvalue weighted by Crippen LogP contribution is 2.41. The fraction of sp³-hybridized carbons (Fsp3) is 0.538. The molecule has 34 heavy (non-hydrogen) atoms. The van der Waals surface area contributed by atoms with E-state index in [4.69, 9.17) is 18.6 Å². The molecule has 1 aromatic carbocycles. The summed E-state index contributed by atoms with van der Waals surface area (Å²) in [5.74, 6) is 1.27. The predicted octanol–water partition coefficient (Wildman–Crippen LogP) is 5.34. The largest absolute Gasteiger partial charge is 0.493 e. The number of methoxy groups -OCH3 is 3. The van der Waals surface area contributed by atoms with Crippen LogP contribution in [-0.2, 0) is 4.43 Å². The number of aromatic nitrogens is 1. The first kappa shape index (κ1) is 27.7. The topological polar surface area (TPSA) is 78.9 Å². The molecule has 0 aliphatic heterocycles. The maximum absolute atomic E-state index is 13.2. The van der Waals surface area contributed by atoms with Gasteiger partial charge in [0.15, 0.2) is 19.8 Å². The molecule has 0 saturated heterocycles. The number of carbonyl (C=O) groups excluding carboxylic acids is 1. The Kier molecular flexibility index (Phi) is 9.52. The van der Waals surface area contributed by atoms with Gasteiger partial charge in [-0.2, -0.15) is 0 Å². The Morgan fingerprint density at radius 1 is 1.12 bits per heavy atom. The fourth-order valence-corrected chi connectivity index (χ4v) is 4.59. The van der Waals surface area contributed by atoms with E-state index in [1.807, 2.05) is 25.3 Å². The zero-order valence-electron chi connectivity index (χ0n) is 22.1. The van der Waals surface area contributed by atoms with Gasteiger partial charge in [0.25, 0.3) is 5.91 Å². The van der Waals surface area contributed by atoms with E-state index in [0.29, 0.717) is 41.5 Å². The molecule has 1 amide bonds. The molecule has 2 aromatic rings. The van der Waals surface area contributed by atoms with Crippen molar-refractivity contribution in [3.05, 3.63) is 47.3 Å². The summed E-state index contributed by atoms with van der Waals surface area (Å²) in [6, 6.07) is 5.65. The van der Waals surface area contributed by atoms with Crippen LogP contribution in [0.15, 0.2) is 30.6 Å². The second kappa shape index (κ2) is 11.7. The molecule has 0 radical (unpaired) electrons. The minimum atomic E-state index is -1.85. The summed E-state index contributed by atoms with van der Waals surface area (Å²) >= 11 is 0. The van der Waals surface area contributed by atoms with Gasteiger partial charge in [0.05, 0.1) is 21.3 Å². The maximum atomic E-state index is 13.2. The number of nitrogens with zero attached hydrogens (tertiary/aromatic N) is 1. The average molecular weight is 489 g/mol. The van der Waals surface area contributed by atoms with Crippen LogP contribution in [0.5, 0.6) is 17.2 Å². The number of nitrogens with one attached hydrogen (secondary N) is 1. The quantitative estimate of drug-likeness (QED) is 0.430. The number of ether oxygens (including phenoxy) is 3. The maximum Gasteiger partial charge on any atom is 0.251 e. The summed E-state index contributed by atoms with van der Waals surface area (Å²) in [7, 11) is 2.78. The molecular formula is C26H40N2O5Si. The number of carbonyl (C=O) groups is 1. The first-order valence-electron chi connectivity index (χ1n) is 11.6. The lowest BCUT2D eigenvalue weighted by Crippen LogP contribution is -2.41. The Morgan fingerprint density at radius 2 is 1.79 bits per heavy atom. The summed E-state index contributed by atoms with van der Waals surface area (Å²) in [4.78, 5) is 17.5. The number of rotatable bonds is 11. The van der Waals surface area contributed by atoms with Crippen molar-refractivity contribution >= 4 is 14.2 Å². The Hall–Kier alpha value is -2.58. The zero-order valence-corrected chi connectivity index (χ0v) is 23.1. The Labute approximate surface area is 205 Å².